The maximum atomic E-state index is 14.0. The number of carbonyl (C=O) groups excluding carboxylic acids is 4. The van der Waals surface area contributed by atoms with E-state index in [-0.39, 0.29) is 42.0 Å². The van der Waals surface area contributed by atoms with Crippen molar-refractivity contribution in [3.63, 3.8) is 0 Å². The molecule has 0 saturated heterocycles. The number of nitrogens with zero attached hydrogens (tertiary/aromatic N) is 4. The number of aliphatic hydroxyl groups excluding tert-OH is 1. The van der Waals surface area contributed by atoms with Gasteiger partial charge in [0.25, 0.3) is 11.8 Å². The minimum Gasteiger partial charge on any atom is -0.507 e. The summed E-state index contributed by atoms with van der Waals surface area (Å²) in [5.41, 5.74) is 2.76. The van der Waals surface area contributed by atoms with E-state index in [2.05, 4.69) is 20.8 Å². The van der Waals surface area contributed by atoms with Gasteiger partial charge >= 0.3 is 0 Å². The van der Waals surface area contributed by atoms with Crippen LogP contribution in [0.15, 0.2) is 68.8 Å². The highest BCUT2D eigenvalue weighted by atomic mass is 16.3. The van der Waals surface area contributed by atoms with Crippen molar-refractivity contribution in [1.29, 1.82) is 0 Å². The second-order valence-corrected chi connectivity index (χ2v) is 11.3. The van der Waals surface area contributed by atoms with Gasteiger partial charge in [-0.05, 0) is 83.3 Å². The molecule has 0 unspecified atom stereocenters. The molecule has 226 valence electrons. The van der Waals surface area contributed by atoms with E-state index >= 15 is 0 Å². The van der Waals surface area contributed by atoms with Gasteiger partial charge in [0, 0.05) is 42.1 Å². The van der Waals surface area contributed by atoms with E-state index in [1.54, 1.807) is 30.3 Å². The van der Waals surface area contributed by atoms with E-state index in [0.29, 0.717) is 35.3 Å². The number of fused-ring (bicyclic) bond motifs is 3. The standard InChI is InChI=1S/C30H28N6O8/c1-36(2)9-8-32-29(41)15-5-3-4-14(10-15)18-6-7-20(33-42)23-19(18)12-16-11-17-13-21(34-43)24(28(31)40)27(39)30(17,35-44)26(38)22(16)25(23)37/h3-7,10,16-17,37H,8-9,11-13H2,1-2H3,(H2,31,40)(H,32,41)/t16-,17+,30+/m1/s1. The molecule has 0 radical (unpaired) electrons. The van der Waals surface area contributed by atoms with Crippen molar-refractivity contribution in [3.8, 4) is 11.1 Å². The third-order valence-corrected chi connectivity index (χ3v) is 8.57. The van der Waals surface area contributed by atoms with Crippen LogP contribution >= 0.6 is 0 Å². The number of Topliss-reactive ketones (excluding diaryl/α,β-unsaturated/α-hetero) is 2. The number of ketones is 2. The molecule has 44 heavy (non-hydrogen) atoms. The largest absolute Gasteiger partial charge is 0.507 e. The molecular weight excluding hydrogens is 572 g/mol. The number of carbonyl (C=O) groups is 4. The lowest BCUT2D eigenvalue weighted by molar-refractivity contribution is -0.136. The molecular formula is C30H28N6O8. The van der Waals surface area contributed by atoms with Gasteiger partial charge in [0.2, 0.25) is 17.1 Å². The lowest BCUT2D eigenvalue weighted by Gasteiger charge is -2.44. The zero-order chi connectivity index (χ0) is 31.9. The predicted molar refractivity (Wildman–Crippen MR) is 158 cm³/mol. The van der Waals surface area contributed by atoms with Crippen LogP contribution in [0.25, 0.3) is 16.9 Å². The zero-order valence-corrected chi connectivity index (χ0v) is 23.8. The van der Waals surface area contributed by atoms with E-state index in [9.17, 15) is 39.0 Å². The number of nitroso groups, excluding NO2 is 3. The first-order chi connectivity index (χ1) is 21.0. The number of likely N-dealkylation sites (N-methyl/N-ethyl adjacent to an activating group) is 1. The van der Waals surface area contributed by atoms with E-state index in [0.717, 1.165) is 0 Å². The Morgan fingerprint density at radius 1 is 1.07 bits per heavy atom. The molecule has 3 aliphatic carbocycles. The molecule has 2 aromatic carbocycles. The number of aliphatic hydroxyl groups is 1. The molecule has 3 aliphatic rings. The molecule has 4 N–H and O–H groups in total. The third kappa shape index (κ3) is 4.63. The molecule has 0 heterocycles. The van der Waals surface area contributed by atoms with Gasteiger partial charge in [-0.2, -0.15) is 0 Å². The van der Waals surface area contributed by atoms with Crippen molar-refractivity contribution in [2.75, 3.05) is 27.2 Å². The summed E-state index contributed by atoms with van der Waals surface area (Å²) in [5, 5.41) is 23.1. The maximum Gasteiger partial charge on any atom is 0.254 e. The summed E-state index contributed by atoms with van der Waals surface area (Å²) in [7, 11) is 3.77. The Balaban J connectivity index is 1.62. The fourth-order valence-corrected chi connectivity index (χ4v) is 6.53. The smallest absolute Gasteiger partial charge is 0.254 e. The molecule has 0 aliphatic heterocycles. The number of allylic oxidation sites excluding steroid dienone is 1. The number of amides is 2. The van der Waals surface area contributed by atoms with Gasteiger partial charge < -0.3 is 21.1 Å². The summed E-state index contributed by atoms with van der Waals surface area (Å²) >= 11 is 0. The van der Waals surface area contributed by atoms with Crippen molar-refractivity contribution >= 4 is 34.8 Å². The summed E-state index contributed by atoms with van der Waals surface area (Å²) in [6.07, 6.45) is -0.357. The summed E-state index contributed by atoms with van der Waals surface area (Å²) in [6, 6.07) is 9.73. The number of rotatable bonds is 9. The van der Waals surface area contributed by atoms with Crippen LogP contribution in [-0.4, -0.2) is 66.1 Å². The van der Waals surface area contributed by atoms with Gasteiger partial charge in [0.15, 0.2) is 0 Å². The molecule has 0 aromatic heterocycles. The maximum absolute atomic E-state index is 14.0. The molecule has 0 spiro atoms. The van der Waals surface area contributed by atoms with E-state index < -0.39 is 51.9 Å². The van der Waals surface area contributed by atoms with Crippen LogP contribution < -0.4 is 11.1 Å². The van der Waals surface area contributed by atoms with Crippen molar-refractivity contribution in [1.82, 2.24) is 10.2 Å². The predicted octanol–water partition coefficient (Wildman–Crippen LogP) is 3.06. The van der Waals surface area contributed by atoms with Crippen LogP contribution in [-0.2, 0) is 20.8 Å². The molecule has 0 bridgehead atoms. The van der Waals surface area contributed by atoms with Crippen LogP contribution in [0, 0.1) is 26.6 Å². The van der Waals surface area contributed by atoms with Gasteiger partial charge in [-0.25, -0.2) is 0 Å². The highest BCUT2D eigenvalue weighted by Crippen LogP contribution is 2.54. The molecule has 3 atom stereocenters. The lowest BCUT2D eigenvalue weighted by Crippen LogP contribution is -2.60. The first-order valence-corrected chi connectivity index (χ1v) is 13.8. The molecule has 2 aromatic rings. The summed E-state index contributed by atoms with van der Waals surface area (Å²) in [4.78, 5) is 89.8. The van der Waals surface area contributed by atoms with Gasteiger partial charge in [-0.15, -0.1) is 14.7 Å². The topological polar surface area (TPSA) is 218 Å². The van der Waals surface area contributed by atoms with E-state index in [1.165, 1.54) is 6.07 Å². The highest BCUT2D eigenvalue weighted by molar-refractivity contribution is 6.33. The van der Waals surface area contributed by atoms with E-state index in [1.807, 2.05) is 19.0 Å². The quantitative estimate of drug-likeness (QED) is 0.218. The van der Waals surface area contributed by atoms with Crippen LogP contribution in [0.3, 0.4) is 0 Å². The number of primary amides is 1. The van der Waals surface area contributed by atoms with Gasteiger partial charge in [0.05, 0.1) is 0 Å². The highest BCUT2D eigenvalue weighted by Gasteiger charge is 2.64. The van der Waals surface area contributed by atoms with Crippen molar-refractivity contribution in [3.05, 3.63) is 84.7 Å². The van der Waals surface area contributed by atoms with Gasteiger partial charge in [-0.1, -0.05) is 18.2 Å². The molecule has 2 amide bonds. The second-order valence-electron chi connectivity index (χ2n) is 11.3. The Morgan fingerprint density at radius 3 is 2.45 bits per heavy atom. The number of nitrogens with two attached hydrogens (primary N) is 1. The first kappa shape index (κ1) is 30.2. The molecule has 1 fully saturated rings. The first-order valence-electron chi connectivity index (χ1n) is 13.8. The van der Waals surface area contributed by atoms with E-state index in [4.69, 9.17) is 5.73 Å². The number of benzene rings is 2. The lowest BCUT2D eigenvalue weighted by atomic mass is 9.57. The average Bonchev–Trinajstić information content (AvgIpc) is 2.99. The number of hydrogen-bond acceptors (Lipinski definition) is 12. The number of hydrogen-bond donors (Lipinski definition) is 3. The molecule has 14 heteroatoms. The Labute approximate surface area is 250 Å². The summed E-state index contributed by atoms with van der Waals surface area (Å²) in [5.74, 6) is -6.65. The normalized spacial score (nSPS) is 22.6. The minimum absolute atomic E-state index is 0.0541. The summed E-state index contributed by atoms with van der Waals surface area (Å²) in [6.45, 7) is 1.07. The zero-order valence-electron chi connectivity index (χ0n) is 23.8. The van der Waals surface area contributed by atoms with Crippen molar-refractivity contribution < 1.29 is 24.3 Å². The van der Waals surface area contributed by atoms with Crippen molar-refractivity contribution in [2.45, 2.75) is 24.8 Å². The minimum atomic E-state index is -2.64. The van der Waals surface area contributed by atoms with Crippen LogP contribution in [0.5, 0.6) is 0 Å². The monoisotopic (exact) mass is 600 g/mol. The Bertz CT molecular complexity index is 1730. The van der Waals surface area contributed by atoms with Gasteiger partial charge in [0.1, 0.15) is 22.7 Å². The molecule has 1 saturated carbocycles. The van der Waals surface area contributed by atoms with Crippen LogP contribution in [0.2, 0.25) is 0 Å². The average molecular weight is 601 g/mol. The Morgan fingerprint density at radius 2 is 1.82 bits per heavy atom. The molecule has 5 rings (SSSR count). The fourth-order valence-electron chi connectivity index (χ4n) is 6.53. The summed E-state index contributed by atoms with van der Waals surface area (Å²) < 4.78 is 0. The SMILES string of the molecule is CN(C)CCNC(=O)c1cccc(-c2ccc(N=O)c3c2C[C@H]2C[C@H]4CC(N=O)=C(C(N)=O)C(=O)[C@@]4(N=O)C(=O)C2=C3O)c1. The van der Waals surface area contributed by atoms with Crippen LogP contribution in [0.4, 0.5) is 5.69 Å². The third-order valence-electron chi connectivity index (χ3n) is 8.57. The Kier molecular flexibility index (Phi) is 7.86. The van der Waals surface area contributed by atoms with Gasteiger partial charge in [-0.3, -0.25) is 19.2 Å². The number of nitrogens with one attached hydrogen (secondary N) is 1. The fraction of sp³-hybridized carbons (Fsp3) is 0.333. The van der Waals surface area contributed by atoms with Crippen molar-refractivity contribution in [2.24, 2.45) is 33.1 Å². The second kappa shape index (κ2) is 11.4. The van der Waals surface area contributed by atoms with Crippen LogP contribution in [0.1, 0.15) is 34.3 Å². The molecule has 14 nitrogen and oxygen atoms in total. The Hall–Kier alpha value is -5.24.